The topological polar surface area (TPSA) is 65.0 Å². The van der Waals surface area contributed by atoms with Crippen molar-refractivity contribution < 1.29 is 9.59 Å². The van der Waals surface area contributed by atoms with Crippen LogP contribution in [0.3, 0.4) is 0 Å². The number of nitrogens with one attached hydrogen (secondary N) is 1. The molecule has 0 aliphatic carbocycles. The molecular weight excluding hydrogens is 324 g/mol. The van der Waals surface area contributed by atoms with E-state index >= 15 is 0 Å². The highest BCUT2D eigenvalue weighted by molar-refractivity contribution is 8.14. The van der Waals surface area contributed by atoms with Crippen molar-refractivity contribution in [2.75, 3.05) is 7.05 Å². The van der Waals surface area contributed by atoms with E-state index in [1.54, 1.807) is 18.8 Å². The summed E-state index contributed by atoms with van der Waals surface area (Å²) in [5.74, 6) is -0.279. The first-order chi connectivity index (χ1) is 11.4. The summed E-state index contributed by atoms with van der Waals surface area (Å²) in [6.07, 6.45) is -0.460. The second-order valence-electron chi connectivity index (χ2n) is 6.46. The molecule has 1 aromatic rings. The Bertz CT molecular complexity index is 686. The summed E-state index contributed by atoms with van der Waals surface area (Å²) in [6.45, 7) is 6.82. The second kappa shape index (κ2) is 6.47. The number of carbonyl (C=O) groups excluding carboxylic acids is 2. The minimum absolute atomic E-state index is 0.279. The molecule has 0 bridgehead atoms. The van der Waals surface area contributed by atoms with Crippen LogP contribution in [-0.4, -0.2) is 51.4 Å². The van der Waals surface area contributed by atoms with Gasteiger partial charge in [0.05, 0.1) is 0 Å². The predicted molar refractivity (Wildman–Crippen MR) is 95.8 cm³/mol. The number of urea groups is 1. The highest BCUT2D eigenvalue weighted by atomic mass is 32.2. The molecule has 2 atom stereocenters. The molecule has 2 aliphatic rings. The van der Waals surface area contributed by atoms with E-state index in [2.05, 4.69) is 48.4 Å². The average molecular weight is 346 g/mol. The van der Waals surface area contributed by atoms with Gasteiger partial charge >= 0.3 is 6.03 Å². The number of likely N-dealkylation sites (N-methyl/N-ethyl adjacent to an activating group) is 1. The molecule has 24 heavy (non-hydrogen) atoms. The molecule has 0 saturated carbocycles. The number of fused-ring (bicyclic) bond motifs is 1. The van der Waals surface area contributed by atoms with Gasteiger partial charge in [-0.15, -0.1) is 0 Å². The summed E-state index contributed by atoms with van der Waals surface area (Å²) < 4.78 is 0. The number of amides is 3. The van der Waals surface area contributed by atoms with Crippen molar-refractivity contribution in [3.8, 4) is 0 Å². The normalized spacial score (nSPS) is 23.5. The van der Waals surface area contributed by atoms with E-state index in [0.29, 0.717) is 11.8 Å². The van der Waals surface area contributed by atoms with Gasteiger partial charge < -0.3 is 9.80 Å². The van der Waals surface area contributed by atoms with Crippen molar-refractivity contribution in [1.82, 2.24) is 15.1 Å². The third kappa shape index (κ3) is 3.13. The number of aliphatic imine (C=N–C) groups is 1. The molecule has 3 amide bonds. The lowest BCUT2D eigenvalue weighted by molar-refractivity contribution is -0.127. The summed E-state index contributed by atoms with van der Waals surface area (Å²) in [5, 5.41) is 3.58. The highest BCUT2D eigenvalue weighted by Gasteiger charge is 2.48. The molecule has 2 heterocycles. The first-order valence-corrected chi connectivity index (χ1v) is 8.89. The Labute approximate surface area is 146 Å². The molecule has 1 fully saturated rings. The van der Waals surface area contributed by atoms with Gasteiger partial charge in [0, 0.05) is 18.8 Å². The van der Waals surface area contributed by atoms with Crippen LogP contribution in [0, 0.1) is 6.92 Å². The first-order valence-electron chi connectivity index (χ1n) is 8.01. The summed E-state index contributed by atoms with van der Waals surface area (Å²) in [4.78, 5) is 32.5. The molecule has 0 radical (unpaired) electrons. The zero-order valence-corrected chi connectivity index (χ0v) is 15.1. The molecule has 128 valence electrons. The van der Waals surface area contributed by atoms with Crippen LogP contribution in [0.15, 0.2) is 29.3 Å². The van der Waals surface area contributed by atoms with E-state index in [1.165, 1.54) is 10.5 Å². The maximum atomic E-state index is 12.4. The predicted octanol–water partition coefficient (Wildman–Crippen LogP) is 2.18. The Hall–Kier alpha value is -2.02. The number of hydrogen-bond acceptors (Lipinski definition) is 5. The molecule has 1 saturated heterocycles. The minimum atomic E-state index is -0.477. The van der Waals surface area contributed by atoms with E-state index in [4.69, 9.17) is 0 Å². The summed E-state index contributed by atoms with van der Waals surface area (Å²) in [6, 6.07) is 7.38. The lowest BCUT2D eigenvalue weighted by Gasteiger charge is -2.36. The van der Waals surface area contributed by atoms with Gasteiger partial charge in [-0.25, -0.2) is 9.79 Å². The SMILES string of the molecule is Cc1ccc(CN2C(SC(C)C)=NC3C2C(=O)NC(=O)N3C)cc1. The Morgan fingerprint density at radius 2 is 1.92 bits per heavy atom. The number of imide groups is 1. The van der Waals surface area contributed by atoms with E-state index in [-0.39, 0.29) is 5.91 Å². The molecule has 2 unspecified atom stereocenters. The van der Waals surface area contributed by atoms with Gasteiger partial charge in [0.2, 0.25) is 0 Å². The molecule has 7 heteroatoms. The Morgan fingerprint density at radius 1 is 1.25 bits per heavy atom. The van der Waals surface area contributed by atoms with Crippen LogP contribution in [0.4, 0.5) is 4.79 Å². The standard InChI is InChI=1S/C17H22N4O2S/c1-10(2)24-17-18-14-13(15(22)19-16(23)20(14)4)21(17)9-12-7-5-11(3)6-8-12/h5-8,10,13-14H,9H2,1-4H3,(H,19,22,23). The maximum Gasteiger partial charge on any atom is 0.325 e. The van der Waals surface area contributed by atoms with Gasteiger partial charge in [-0.3, -0.25) is 10.1 Å². The molecule has 0 spiro atoms. The molecule has 0 aromatic heterocycles. The number of nitrogens with zero attached hydrogens (tertiary/aromatic N) is 3. The van der Waals surface area contributed by atoms with Crippen molar-refractivity contribution >= 4 is 28.9 Å². The van der Waals surface area contributed by atoms with E-state index in [9.17, 15) is 9.59 Å². The first kappa shape index (κ1) is 16.8. The largest absolute Gasteiger partial charge is 0.331 e. The van der Waals surface area contributed by atoms with Crippen LogP contribution in [0.1, 0.15) is 25.0 Å². The molecule has 3 rings (SSSR count). The summed E-state index contributed by atoms with van der Waals surface area (Å²) in [5.41, 5.74) is 2.31. The third-order valence-corrected chi connectivity index (χ3v) is 5.16. The minimum Gasteiger partial charge on any atom is -0.331 e. The smallest absolute Gasteiger partial charge is 0.325 e. The number of carbonyl (C=O) groups is 2. The average Bonchev–Trinajstić information content (AvgIpc) is 2.85. The van der Waals surface area contributed by atoms with Crippen molar-refractivity contribution in [2.45, 2.75) is 44.8 Å². The van der Waals surface area contributed by atoms with Gasteiger partial charge in [0.1, 0.15) is 0 Å². The maximum absolute atomic E-state index is 12.4. The molecule has 1 aromatic carbocycles. The van der Waals surface area contributed by atoms with E-state index < -0.39 is 18.2 Å². The van der Waals surface area contributed by atoms with Crippen LogP contribution in [-0.2, 0) is 11.3 Å². The van der Waals surface area contributed by atoms with Crippen molar-refractivity contribution in [3.05, 3.63) is 35.4 Å². The number of aryl methyl sites for hydroxylation is 1. The monoisotopic (exact) mass is 346 g/mol. The highest BCUT2D eigenvalue weighted by Crippen LogP contribution is 2.31. The van der Waals surface area contributed by atoms with Crippen molar-refractivity contribution in [2.24, 2.45) is 4.99 Å². The number of hydrogen-bond donors (Lipinski definition) is 1. The van der Waals surface area contributed by atoms with Crippen LogP contribution in [0.25, 0.3) is 0 Å². The van der Waals surface area contributed by atoms with Gasteiger partial charge in [0.15, 0.2) is 17.4 Å². The Balaban J connectivity index is 1.91. The fraction of sp³-hybridized carbons (Fsp3) is 0.471. The van der Waals surface area contributed by atoms with Gasteiger partial charge in [-0.2, -0.15) is 0 Å². The third-order valence-electron chi connectivity index (χ3n) is 4.14. The van der Waals surface area contributed by atoms with Crippen LogP contribution < -0.4 is 5.32 Å². The lowest BCUT2D eigenvalue weighted by atomic mass is 10.1. The van der Waals surface area contributed by atoms with Gasteiger partial charge in [-0.05, 0) is 12.5 Å². The van der Waals surface area contributed by atoms with Gasteiger partial charge in [0.25, 0.3) is 5.91 Å². The molecule has 2 aliphatic heterocycles. The number of benzene rings is 1. The number of thioether (sulfide) groups is 1. The van der Waals surface area contributed by atoms with Crippen molar-refractivity contribution in [3.63, 3.8) is 0 Å². The molecule has 1 N–H and O–H groups in total. The summed E-state index contributed by atoms with van der Waals surface area (Å²) in [7, 11) is 1.68. The molecule has 6 nitrogen and oxygen atoms in total. The van der Waals surface area contributed by atoms with E-state index in [1.807, 2.05) is 11.8 Å². The number of rotatable bonds is 3. The fourth-order valence-electron chi connectivity index (χ4n) is 2.87. The Morgan fingerprint density at radius 3 is 2.54 bits per heavy atom. The lowest BCUT2D eigenvalue weighted by Crippen LogP contribution is -2.63. The fourth-order valence-corrected chi connectivity index (χ4v) is 3.77. The zero-order valence-electron chi connectivity index (χ0n) is 14.3. The Kier molecular flexibility index (Phi) is 4.54. The molecular formula is C17H22N4O2S. The zero-order chi connectivity index (χ0) is 17.4. The van der Waals surface area contributed by atoms with Crippen LogP contribution in [0.5, 0.6) is 0 Å². The quantitative estimate of drug-likeness (QED) is 0.911. The second-order valence-corrected chi connectivity index (χ2v) is 8.00. The van der Waals surface area contributed by atoms with Gasteiger partial charge in [-0.1, -0.05) is 55.4 Å². The van der Waals surface area contributed by atoms with E-state index in [0.717, 1.165) is 10.7 Å². The number of amidine groups is 1. The van der Waals surface area contributed by atoms with Crippen molar-refractivity contribution in [1.29, 1.82) is 0 Å². The summed E-state index contributed by atoms with van der Waals surface area (Å²) >= 11 is 1.62. The van der Waals surface area contributed by atoms with Crippen LogP contribution >= 0.6 is 11.8 Å². The van der Waals surface area contributed by atoms with Crippen LogP contribution in [0.2, 0.25) is 0 Å².